The maximum atomic E-state index is 11.7. The van der Waals surface area contributed by atoms with Crippen molar-refractivity contribution in [1.82, 2.24) is 19.6 Å². The van der Waals surface area contributed by atoms with Crippen molar-refractivity contribution < 1.29 is 45.0 Å². The first kappa shape index (κ1) is 38.8. The molecule has 0 spiro atoms. The van der Waals surface area contributed by atoms with E-state index < -0.39 is 17.9 Å². The highest BCUT2D eigenvalue weighted by atomic mass is 35.5. The quantitative estimate of drug-likeness (QED) is 0.0970. The van der Waals surface area contributed by atoms with Gasteiger partial charge in [-0.1, -0.05) is 54.6 Å². The lowest BCUT2D eigenvalue weighted by atomic mass is 10.2. The molecule has 0 radical (unpaired) electrons. The van der Waals surface area contributed by atoms with Crippen LogP contribution < -0.4 is 0 Å². The fourth-order valence-corrected chi connectivity index (χ4v) is 5.06. The molecule has 3 aromatic carbocycles. The summed E-state index contributed by atoms with van der Waals surface area (Å²) >= 11 is 0. The number of aromatic hydroxyl groups is 3. The molecule has 3 aromatic rings. The summed E-state index contributed by atoms with van der Waals surface area (Å²) in [5.74, 6) is -2.95. The lowest BCUT2D eigenvalue weighted by molar-refractivity contribution is -0.139. The Kier molecular flexibility index (Phi) is 16.5. The van der Waals surface area contributed by atoms with Crippen LogP contribution in [-0.2, 0) is 34.0 Å². The zero-order chi connectivity index (χ0) is 33.5. The number of hydrogen-bond donors (Lipinski definition) is 6. The number of rotatable bonds is 21. The third-order valence-electron chi connectivity index (χ3n) is 7.43. The smallest absolute Gasteiger partial charge is 0.317 e. The van der Waals surface area contributed by atoms with Gasteiger partial charge in [0.25, 0.3) is 0 Å². The number of nitrogens with zero attached hydrogens (tertiary/aromatic N) is 4. The van der Waals surface area contributed by atoms with Gasteiger partial charge in [-0.2, -0.15) is 0 Å². The van der Waals surface area contributed by atoms with Crippen molar-refractivity contribution in [1.29, 1.82) is 0 Å². The van der Waals surface area contributed by atoms with E-state index >= 15 is 0 Å². The summed E-state index contributed by atoms with van der Waals surface area (Å²) < 4.78 is 0. The number of carboxylic acid groups (broad SMARTS) is 3. The highest BCUT2D eigenvalue weighted by molar-refractivity contribution is 5.85. The van der Waals surface area contributed by atoms with Crippen molar-refractivity contribution in [2.24, 2.45) is 0 Å². The fourth-order valence-electron chi connectivity index (χ4n) is 5.06. The largest absolute Gasteiger partial charge is 0.508 e. The molecule has 13 nitrogen and oxygen atoms in total. The molecule has 0 bridgehead atoms. The van der Waals surface area contributed by atoms with Crippen molar-refractivity contribution in [3.63, 3.8) is 0 Å². The van der Waals surface area contributed by atoms with Crippen LogP contribution in [-0.4, -0.2) is 127 Å². The molecule has 0 saturated heterocycles. The highest BCUT2D eigenvalue weighted by Crippen LogP contribution is 2.20. The van der Waals surface area contributed by atoms with Crippen LogP contribution in [0, 0.1) is 0 Å². The molecule has 0 amide bonds. The molecule has 256 valence electrons. The first-order chi connectivity index (χ1) is 22.0. The van der Waals surface area contributed by atoms with Crippen molar-refractivity contribution >= 4 is 30.3 Å². The van der Waals surface area contributed by atoms with E-state index in [2.05, 4.69) is 0 Å². The summed E-state index contributed by atoms with van der Waals surface area (Å²) in [5, 5.41) is 59.5. The molecule has 0 aliphatic rings. The van der Waals surface area contributed by atoms with Crippen molar-refractivity contribution in [3.8, 4) is 17.2 Å². The van der Waals surface area contributed by atoms with Crippen LogP contribution in [0.5, 0.6) is 17.2 Å². The summed E-state index contributed by atoms with van der Waals surface area (Å²) in [6.07, 6.45) is 0. The van der Waals surface area contributed by atoms with E-state index in [0.717, 1.165) is 0 Å². The predicted octanol–water partition coefficient (Wildman–Crippen LogP) is 2.59. The summed E-state index contributed by atoms with van der Waals surface area (Å²) in [7, 11) is 0. The average molecular weight is 675 g/mol. The summed E-state index contributed by atoms with van der Waals surface area (Å²) in [5.41, 5.74) is 1.71. The van der Waals surface area contributed by atoms with E-state index in [4.69, 9.17) is 0 Å². The Labute approximate surface area is 279 Å². The van der Waals surface area contributed by atoms with Gasteiger partial charge in [0.1, 0.15) is 17.2 Å². The number of carboxylic acids is 3. The molecule has 0 saturated carbocycles. The zero-order valence-corrected chi connectivity index (χ0v) is 26.8. The van der Waals surface area contributed by atoms with Crippen LogP contribution in [0.3, 0.4) is 0 Å². The Morgan fingerprint density at radius 3 is 0.894 bits per heavy atom. The number of phenolic OH excluding ortho intramolecular Hbond substituents is 3. The van der Waals surface area contributed by atoms with Crippen LogP contribution in [0.25, 0.3) is 0 Å². The van der Waals surface area contributed by atoms with Crippen LogP contribution in [0.15, 0.2) is 72.8 Å². The number of aliphatic carboxylic acids is 3. The molecule has 0 aromatic heterocycles. The number of para-hydroxylation sites is 3. The Bertz CT molecular complexity index is 1270. The topological polar surface area (TPSA) is 186 Å². The van der Waals surface area contributed by atoms with Gasteiger partial charge < -0.3 is 30.6 Å². The number of phenols is 3. The molecule has 0 heterocycles. The second-order valence-electron chi connectivity index (χ2n) is 11.0. The van der Waals surface area contributed by atoms with Gasteiger partial charge in [-0.25, -0.2) is 0 Å². The maximum Gasteiger partial charge on any atom is 0.317 e. The third-order valence-corrected chi connectivity index (χ3v) is 7.43. The normalized spacial score (nSPS) is 11.2. The van der Waals surface area contributed by atoms with Gasteiger partial charge in [-0.05, 0) is 18.2 Å². The standard InChI is InChI=1S/C33H42N4O9.ClH/c38-28-10-4-1-7-25(28)19-35(22-31(41)42)16-13-34(14-17-36(23-32(43)44)20-26-8-2-5-11-29(26)39)15-18-37(24-33(45)46)21-27-9-3-6-12-30(27)40;/h1-12,38-40H,13-24H2,(H,41,42)(H,43,44)(H,45,46);1H. The monoisotopic (exact) mass is 674 g/mol. The first-order valence-electron chi connectivity index (χ1n) is 14.9. The Balaban J connectivity index is 0.00000768. The van der Waals surface area contributed by atoms with Crippen molar-refractivity contribution in [2.75, 3.05) is 58.9 Å². The van der Waals surface area contributed by atoms with Gasteiger partial charge in [0, 0.05) is 75.6 Å². The molecule has 0 unspecified atom stereocenters. The fraction of sp³-hybridized carbons (Fsp3) is 0.364. The van der Waals surface area contributed by atoms with Crippen LogP contribution in [0.1, 0.15) is 16.7 Å². The minimum Gasteiger partial charge on any atom is -0.508 e. The highest BCUT2D eigenvalue weighted by Gasteiger charge is 2.19. The summed E-state index contributed by atoms with van der Waals surface area (Å²) in [6, 6.07) is 20.0. The number of hydrogen-bond acceptors (Lipinski definition) is 10. The van der Waals surface area contributed by atoms with Crippen molar-refractivity contribution in [3.05, 3.63) is 89.5 Å². The van der Waals surface area contributed by atoms with Gasteiger partial charge in [0.05, 0.1) is 19.6 Å². The van der Waals surface area contributed by atoms with Gasteiger partial charge in [0.2, 0.25) is 0 Å². The van der Waals surface area contributed by atoms with Crippen LogP contribution in [0.2, 0.25) is 0 Å². The molecule has 0 atom stereocenters. The number of halogens is 1. The third kappa shape index (κ3) is 14.3. The first-order valence-corrected chi connectivity index (χ1v) is 14.9. The van der Waals surface area contributed by atoms with Gasteiger partial charge in [-0.3, -0.25) is 34.0 Å². The van der Waals surface area contributed by atoms with Gasteiger partial charge in [0.15, 0.2) is 0 Å². The summed E-state index contributed by atoms with van der Waals surface area (Å²) in [6.45, 7) is 1.65. The second kappa shape index (κ2) is 20.0. The van der Waals surface area contributed by atoms with E-state index in [1.807, 2.05) is 4.90 Å². The molecule has 6 N–H and O–H groups in total. The van der Waals surface area contributed by atoms with E-state index in [-0.39, 0.29) is 88.6 Å². The molecule has 0 fully saturated rings. The minimum absolute atomic E-state index is 0. The second-order valence-corrected chi connectivity index (χ2v) is 11.0. The van der Waals surface area contributed by atoms with E-state index in [1.54, 1.807) is 69.3 Å². The minimum atomic E-state index is -1.03. The zero-order valence-electron chi connectivity index (χ0n) is 26.0. The molecule has 0 aliphatic heterocycles. The molecule has 3 rings (SSSR count). The molecular weight excluding hydrogens is 632 g/mol. The van der Waals surface area contributed by atoms with Crippen LogP contribution >= 0.6 is 12.4 Å². The molecular formula is C33H43ClN4O9. The Morgan fingerprint density at radius 1 is 0.426 bits per heavy atom. The summed E-state index contributed by atoms with van der Waals surface area (Å²) in [4.78, 5) is 42.1. The lowest BCUT2D eigenvalue weighted by Gasteiger charge is -2.31. The number of benzene rings is 3. The Morgan fingerprint density at radius 2 is 0.660 bits per heavy atom. The molecule has 0 aliphatic carbocycles. The van der Waals surface area contributed by atoms with Gasteiger partial charge >= 0.3 is 17.9 Å². The maximum absolute atomic E-state index is 11.7. The lowest BCUT2D eigenvalue weighted by Crippen LogP contribution is -2.44. The van der Waals surface area contributed by atoms with E-state index in [1.165, 1.54) is 18.2 Å². The molecule has 47 heavy (non-hydrogen) atoms. The van der Waals surface area contributed by atoms with Crippen LogP contribution in [0.4, 0.5) is 0 Å². The molecule has 14 heteroatoms. The van der Waals surface area contributed by atoms with Crippen molar-refractivity contribution in [2.45, 2.75) is 19.6 Å². The van der Waals surface area contributed by atoms with E-state index in [9.17, 15) is 45.0 Å². The Hall–Kier alpha value is -4.40. The number of carbonyl (C=O) groups is 3. The average Bonchev–Trinajstić information content (AvgIpc) is 2.99. The SMILES string of the molecule is Cl.O=C(O)CN(CCN(CCN(CC(=O)O)Cc1ccccc1O)CCN(CC(=O)O)Cc1ccccc1O)Cc1ccccc1O. The predicted molar refractivity (Wildman–Crippen MR) is 177 cm³/mol. The van der Waals surface area contributed by atoms with Gasteiger partial charge in [-0.15, -0.1) is 12.4 Å². The van der Waals surface area contributed by atoms with E-state index in [0.29, 0.717) is 36.3 Å².